The summed E-state index contributed by atoms with van der Waals surface area (Å²) in [5, 5.41) is 0. The maximum atomic E-state index is 6.03. The Morgan fingerprint density at radius 3 is 2.57 bits per heavy atom. The number of hydrogen-bond donors (Lipinski definition) is 0. The topological polar surface area (TPSA) is 31.0 Å². The van der Waals surface area contributed by atoms with Crippen molar-refractivity contribution in [2.45, 2.75) is 38.3 Å². The zero-order valence-electron chi connectivity index (χ0n) is 9.71. The third-order valence-electron chi connectivity index (χ3n) is 2.11. The quantitative estimate of drug-likeness (QED) is 0.381. The van der Waals surface area contributed by atoms with Gasteiger partial charge in [0.15, 0.2) is 17.4 Å². The van der Waals surface area contributed by atoms with Crippen LogP contribution in [0.15, 0.2) is 0 Å². The summed E-state index contributed by atoms with van der Waals surface area (Å²) >= 11 is 0. The minimum Gasteiger partial charge on any atom is -0.458 e. The van der Waals surface area contributed by atoms with Crippen molar-refractivity contribution in [1.82, 2.24) is 0 Å². The van der Waals surface area contributed by atoms with E-state index in [0.29, 0.717) is 6.10 Å². The molecule has 5 heteroatoms. The fourth-order valence-corrected chi connectivity index (χ4v) is 7.61. The van der Waals surface area contributed by atoms with E-state index >= 15 is 0 Å². The lowest BCUT2D eigenvalue weighted by Crippen LogP contribution is -2.36. The summed E-state index contributed by atoms with van der Waals surface area (Å²) in [6.45, 7) is 11.5. The van der Waals surface area contributed by atoms with Crippen LogP contribution in [-0.4, -0.2) is 43.3 Å². The SMILES string of the molecule is C[SiH](C)O[Si](C)(C)CCOCC1CO1. The standard InChI is InChI=1S/C9H22O3Si2/c1-13(2)12-14(3,4)6-5-10-7-9-8-11-9/h9,13H,5-8H2,1-4H3. The number of rotatable bonds is 7. The first-order chi connectivity index (χ1) is 6.49. The van der Waals surface area contributed by atoms with Gasteiger partial charge in [-0.25, -0.2) is 0 Å². The third-order valence-corrected chi connectivity index (χ3v) is 7.96. The van der Waals surface area contributed by atoms with Crippen molar-refractivity contribution in [3.8, 4) is 0 Å². The molecule has 0 aromatic heterocycles. The molecule has 3 nitrogen and oxygen atoms in total. The van der Waals surface area contributed by atoms with Gasteiger partial charge < -0.3 is 13.6 Å². The van der Waals surface area contributed by atoms with Crippen molar-refractivity contribution in [1.29, 1.82) is 0 Å². The highest BCUT2D eigenvalue weighted by molar-refractivity contribution is 6.77. The number of ether oxygens (including phenoxy) is 2. The van der Waals surface area contributed by atoms with E-state index in [1.165, 1.54) is 0 Å². The summed E-state index contributed by atoms with van der Waals surface area (Å²) in [5.41, 5.74) is 0. The Labute approximate surface area is 89.6 Å². The molecule has 0 radical (unpaired) electrons. The predicted octanol–water partition coefficient (Wildman–Crippen LogP) is 1.61. The van der Waals surface area contributed by atoms with Crippen LogP contribution in [0.5, 0.6) is 0 Å². The van der Waals surface area contributed by atoms with Gasteiger partial charge in [0.2, 0.25) is 0 Å². The molecule has 0 aromatic rings. The van der Waals surface area contributed by atoms with E-state index in [1.54, 1.807) is 0 Å². The lowest BCUT2D eigenvalue weighted by atomic mass is 10.5. The van der Waals surface area contributed by atoms with E-state index in [2.05, 4.69) is 26.2 Å². The molecule has 1 unspecified atom stereocenters. The van der Waals surface area contributed by atoms with Crippen molar-refractivity contribution < 1.29 is 13.6 Å². The maximum Gasteiger partial charge on any atom is 0.175 e. The molecule has 1 saturated heterocycles. The van der Waals surface area contributed by atoms with E-state index in [-0.39, 0.29) is 0 Å². The third kappa shape index (κ3) is 5.92. The molecule has 0 saturated carbocycles. The molecule has 14 heavy (non-hydrogen) atoms. The molecule has 1 aliphatic heterocycles. The van der Waals surface area contributed by atoms with Crippen molar-refractivity contribution in [2.24, 2.45) is 0 Å². The molecule has 0 bridgehead atoms. The van der Waals surface area contributed by atoms with Gasteiger partial charge in [-0.2, -0.15) is 0 Å². The van der Waals surface area contributed by atoms with Crippen LogP contribution in [0.3, 0.4) is 0 Å². The van der Waals surface area contributed by atoms with E-state index in [4.69, 9.17) is 13.6 Å². The van der Waals surface area contributed by atoms with Crippen LogP contribution in [0.25, 0.3) is 0 Å². The van der Waals surface area contributed by atoms with Crippen molar-refractivity contribution >= 4 is 17.4 Å². The fourth-order valence-electron chi connectivity index (χ4n) is 1.39. The van der Waals surface area contributed by atoms with Crippen LogP contribution < -0.4 is 0 Å². The van der Waals surface area contributed by atoms with Crippen molar-refractivity contribution in [3.05, 3.63) is 0 Å². The van der Waals surface area contributed by atoms with E-state index in [0.717, 1.165) is 25.9 Å². The molecule has 84 valence electrons. The van der Waals surface area contributed by atoms with Gasteiger partial charge in [0.25, 0.3) is 0 Å². The molecule has 1 heterocycles. The lowest BCUT2D eigenvalue weighted by Gasteiger charge is -2.25. The Bertz CT molecular complexity index is 169. The van der Waals surface area contributed by atoms with Gasteiger partial charge in [-0.05, 0) is 32.2 Å². The van der Waals surface area contributed by atoms with E-state index in [1.807, 2.05) is 0 Å². The molecular weight excluding hydrogens is 212 g/mol. The average Bonchev–Trinajstić information content (AvgIpc) is 2.78. The maximum absolute atomic E-state index is 6.03. The van der Waals surface area contributed by atoms with Gasteiger partial charge in [0.1, 0.15) is 6.10 Å². The summed E-state index contributed by atoms with van der Waals surface area (Å²) in [7, 11) is -2.30. The van der Waals surface area contributed by atoms with Gasteiger partial charge in [-0.1, -0.05) is 0 Å². The number of hydrogen-bond acceptors (Lipinski definition) is 3. The van der Waals surface area contributed by atoms with Crippen LogP contribution in [0.2, 0.25) is 32.2 Å². The van der Waals surface area contributed by atoms with Gasteiger partial charge in [-0.3, -0.25) is 0 Å². The zero-order valence-corrected chi connectivity index (χ0v) is 11.9. The molecule has 0 N–H and O–H groups in total. The van der Waals surface area contributed by atoms with E-state index < -0.39 is 17.4 Å². The second-order valence-corrected chi connectivity index (χ2v) is 11.8. The highest BCUT2D eigenvalue weighted by atomic mass is 28.4. The van der Waals surface area contributed by atoms with Crippen LogP contribution in [0, 0.1) is 0 Å². The van der Waals surface area contributed by atoms with Crippen molar-refractivity contribution in [2.75, 3.05) is 19.8 Å². The smallest absolute Gasteiger partial charge is 0.175 e. The predicted molar refractivity (Wildman–Crippen MR) is 62.8 cm³/mol. The second kappa shape index (κ2) is 5.41. The monoisotopic (exact) mass is 234 g/mol. The molecular formula is C9H22O3Si2. The Morgan fingerprint density at radius 2 is 2.07 bits per heavy atom. The first-order valence-electron chi connectivity index (χ1n) is 5.37. The van der Waals surface area contributed by atoms with Gasteiger partial charge >= 0.3 is 0 Å². The minimum atomic E-state index is -1.42. The second-order valence-electron chi connectivity index (χ2n) is 4.71. The Balaban J connectivity index is 2.01. The Hall–Kier alpha value is 0.314. The minimum absolute atomic E-state index is 0.389. The summed E-state index contributed by atoms with van der Waals surface area (Å²) < 4.78 is 16.6. The molecule has 0 aliphatic carbocycles. The molecule has 1 aliphatic rings. The molecule has 0 amide bonds. The Morgan fingerprint density at radius 1 is 1.43 bits per heavy atom. The molecule has 1 atom stereocenters. The summed E-state index contributed by atoms with van der Waals surface area (Å²) in [4.78, 5) is 0. The highest BCUT2D eigenvalue weighted by Crippen LogP contribution is 2.14. The number of epoxide rings is 1. The van der Waals surface area contributed by atoms with Gasteiger partial charge in [-0.15, -0.1) is 0 Å². The Kier molecular flexibility index (Phi) is 4.79. The molecule has 1 fully saturated rings. The largest absolute Gasteiger partial charge is 0.458 e. The zero-order chi connectivity index (χ0) is 10.6. The first kappa shape index (κ1) is 12.4. The van der Waals surface area contributed by atoms with E-state index in [9.17, 15) is 0 Å². The van der Waals surface area contributed by atoms with Crippen LogP contribution >= 0.6 is 0 Å². The average molecular weight is 234 g/mol. The van der Waals surface area contributed by atoms with Crippen LogP contribution in [-0.2, 0) is 13.6 Å². The van der Waals surface area contributed by atoms with Gasteiger partial charge in [0, 0.05) is 6.61 Å². The fraction of sp³-hybridized carbons (Fsp3) is 1.00. The molecule has 0 spiro atoms. The highest BCUT2D eigenvalue weighted by Gasteiger charge is 2.25. The summed E-state index contributed by atoms with van der Waals surface area (Å²) in [5.74, 6) is 0. The summed E-state index contributed by atoms with van der Waals surface area (Å²) in [6, 6.07) is 1.10. The lowest BCUT2D eigenvalue weighted by molar-refractivity contribution is 0.126. The van der Waals surface area contributed by atoms with Gasteiger partial charge in [0.05, 0.1) is 13.2 Å². The molecule has 1 rings (SSSR count). The normalized spacial score (nSPS) is 21.6. The van der Waals surface area contributed by atoms with Crippen LogP contribution in [0.1, 0.15) is 0 Å². The van der Waals surface area contributed by atoms with Crippen LogP contribution in [0.4, 0.5) is 0 Å². The molecule has 0 aromatic carbocycles. The first-order valence-corrected chi connectivity index (χ1v) is 11.3. The van der Waals surface area contributed by atoms with Crippen molar-refractivity contribution in [3.63, 3.8) is 0 Å². The summed E-state index contributed by atoms with van der Waals surface area (Å²) in [6.07, 6.45) is 0.389.